The van der Waals surface area contributed by atoms with Crippen LogP contribution in [0.4, 0.5) is 5.69 Å². The zero-order chi connectivity index (χ0) is 22.8. The largest absolute Gasteiger partial charge is 0.496 e. The number of allylic oxidation sites excluding steroid dienone is 2. The van der Waals surface area contributed by atoms with Gasteiger partial charge in [-0.3, -0.25) is 9.78 Å². The van der Waals surface area contributed by atoms with Gasteiger partial charge in [0.1, 0.15) is 18.1 Å². The van der Waals surface area contributed by atoms with Gasteiger partial charge in [0.2, 0.25) is 0 Å². The fourth-order valence-corrected chi connectivity index (χ4v) is 3.88. The monoisotopic (exact) mass is 435 g/mol. The highest BCUT2D eigenvalue weighted by molar-refractivity contribution is 6.05. The second kappa shape index (κ2) is 8.79. The van der Waals surface area contributed by atoms with E-state index in [4.69, 9.17) is 9.47 Å². The average Bonchev–Trinajstić information content (AvgIpc) is 3.69. The molecule has 0 bridgehead atoms. The molecule has 0 fully saturated rings. The van der Waals surface area contributed by atoms with Crippen molar-refractivity contribution in [3.8, 4) is 11.5 Å². The maximum absolute atomic E-state index is 13.0. The molecule has 0 saturated carbocycles. The summed E-state index contributed by atoms with van der Waals surface area (Å²) in [6.07, 6.45) is 7.74. The molecule has 163 valence electrons. The Labute approximate surface area is 192 Å². The highest BCUT2D eigenvalue weighted by Crippen LogP contribution is 2.38. The summed E-state index contributed by atoms with van der Waals surface area (Å²) in [6, 6.07) is 19.1. The smallest absolute Gasteiger partial charge is 0.255 e. The lowest BCUT2D eigenvalue weighted by Crippen LogP contribution is -2.12. The second-order valence-corrected chi connectivity index (χ2v) is 7.93. The maximum Gasteiger partial charge on any atom is 0.255 e. The minimum absolute atomic E-state index is 0.210. The molecular weight excluding hydrogens is 412 g/mol. The Morgan fingerprint density at radius 1 is 1.03 bits per heavy atom. The number of anilines is 1. The van der Waals surface area contributed by atoms with E-state index < -0.39 is 0 Å². The number of carbonyl (C=O) groups is 1. The molecule has 1 aromatic heterocycles. The van der Waals surface area contributed by atoms with E-state index in [0.717, 1.165) is 38.8 Å². The molecule has 1 amide bonds. The van der Waals surface area contributed by atoms with Crippen molar-refractivity contribution < 1.29 is 14.3 Å². The maximum atomic E-state index is 13.0. The van der Waals surface area contributed by atoms with Gasteiger partial charge in [0.25, 0.3) is 5.91 Å². The molecule has 1 radical (unpaired) electrons. The summed E-state index contributed by atoms with van der Waals surface area (Å²) in [5, 5.41) is 5.16. The van der Waals surface area contributed by atoms with E-state index in [0.29, 0.717) is 23.6 Å². The number of pyridine rings is 1. The molecule has 5 rings (SSSR count). The van der Waals surface area contributed by atoms with Gasteiger partial charge < -0.3 is 14.8 Å². The Kier molecular flexibility index (Phi) is 5.53. The molecule has 1 aliphatic rings. The van der Waals surface area contributed by atoms with Crippen LogP contribution in [0.25, 0.3) is 16.3 Å². The van der Waals surface area contributed by atoms with Gasteiger partial charge in [0.15, 0.2) is 0 Å². The number of rotatable bonds is 7. The van der Waals surface area contributed by atoms with E-state index in [1.54, 1.807) is 19.2 Å². The normalized spacial score (nSPS) is 12.2. The van der Waals surface area contributed by atoms with Gasteiger partial charge in [-0.1, -0.05) is 36.4 Å². The zero-order valence-electron chi connectivity index (χ0n) is 18.5. The van der Waals surface area contributed by atoms with Gasteiger partial charge in [-0.25, -0.2) is 0 Å². The standard InChI is InChI=1S/C28H23N2O3/c1-18-26(19-10-11-19)13-23(14-27(18)32-2)30-28(31)20-7-5-8-24(12-20)33-17-22-16-29-15-21-6-3-4-9-25(21)22/h3-16H,17H2,1-2H3,(H,30,31). The third kappa shape index (κ3) is 4.44. The van der Waals surface area contributed by atoms with Gasteiger partial charge in [-0.2, -0.15) is 0 Å². The summed E-state index contributed by atoms with van der Waals surface area (Å²) in [5.74, 6) is 1.15. The minimum Gasteiger partial charge on any atom is -0.496 e. The molecule has 1 aliphatic carbocycles. The number of aromatic nitrogens is 1. The fourth-order valence-electron chi connectivity index (χ4n) is 3.88. The van der Waals surface area contributed by atoms with Crippen LogP contribution in [-0.2, 0) is 6.61 Å². The molecule has 0 atom stereocenters. The van der Waals surface area contributed by atoms with Crippen LogP contribution in [0.2, 0.25) is 0 Å². The van der Waals surface area contributed by atoms with Crippen LogP contribution in [0.5, 0.6) is 11.5 Å². The van der Waals surface area contributed by atoms with E-state index in [-0.39, 0.29) is 5.91 Å². The number of ether oxygens (including phenoxy) is 2. The first-order valence-electron chi connectivity index (χ1n) is 10.7. The van der Waals surface area contributed by atoms with Crippen molar-refractivity contribution >= 4 is 27.9 Å². The van der Waals surface area contributed by atoms with Gasteiger partial charge in [-0.15, -0.1) is 0 Å². The van der Waals surface area contributed by atoms with Crippen molar-refractivity contribution in [1.29, 1.82) is 0 Å². The third-order valence-corrected chi connectivity index (χ3v) is 5.72. The molecule has 1 heterocycles. The van der Waals surface area contributed by atoms with E-state index in [1.807, 2.05) is 74.3 Å². The molecule has 33 heavy (non-hydrogen) atoms. The third-order valence-electron chi connectivity index (χ3n) is 5.72. The summed E-state index contributed by atoms with van der Waals surface area (Å²) < 4.78 is 11.5. The van der Waals surface area contributed by atoms with Crippen LogP contribution < -0.4 is 14.8 Å². The van der Waals surface area contributed by atoms with Crippen molar-refractivity contribution in [3.05, 3.63) is 108 Å². The topological polar surface area (TPSA) is 60.5 Å². The van der Waals surface area contributed by atoms with Crippen molar-refractivity contribution in [2.24, 2.45) is 0 Å². The van der Waals surface area contributed by atoms with Gasteiger partial charge in [-0.05, 0) is 53.3 Å². The summed E-state index contributed by atoms with van der Waals surface area (Å²) in [5.41, 5.74) is 5.46. The van der Waals surface area contributed by atoms with E-state index >= 15 is 0 Å². The quantitative estimate of drug-likeness (QED) is 0.388. The van der Waals surface area contributed by atoms with Crippen LogP contribution in [0.15, 0.2) is 79.1 Å². The number of hydrogen-bond donors (Lipinski definition) is 1. The number of fused-ring (bicyclic) bond motifs is 1. The Morgan fingerprint density at radius 3 is 2.70 bits per heavy atom. The first-order chi connectivity index (χ1) is 16.1. The number of methoxy groups -OCH3 is 1. The number of carbonyl (C=O) groups excluding carboxylic acids is 1. The van der Waals surface area contributed by atoms with Crippen molar-refractivity contribution in [3.63, 3.8) is 0 Å². The SMILES string of the molecule is COc1cc(NC(=O)c2cccc(OCc3cncc4ccccc34)c2)cc(C2=C[CH]2)c1C. The molecule has 0 saturated heterocycles. The number of nitrogens with one attached hydrogen (secondary N) is 1. The lowest BCUT2D eigenvalue weighted by molar-refractivity contribution is 0.102. The molecule has 5 heteroatoms. The first kappa shape index (κ1) is 20.8. The van der Waals surface area contributed by atoms with Crippen molar-refractivity contribution in [2.45, 2.75) is 13.5 Å². The van der Waals surface area contributed by atoms with Gasteiger partial charge >= 0.3 is 0 Å². The summed E-state index contributed by atoms with van der Waals surface area (Å²) >= 11 is 0. The van der Waals surface area contributed by atoms with Gasteiger partial charge in [0, 0.05) is 47.1 Å². The molecule has 3 aromatic carbocycles. The minimum atomic E-state index is -0.210. The van der Waals surface area contributed by atoms with Gasteiger partial charge in [0.05, 0.1) is 7.11 Å². The lowest BCUT2D eigenvalue weighted by atomic mass is 10.0. The lowest BCUT2D eigenvalue weighted by Gasteiger charge is -2.14. The van der Waals surface area contributed by atoms with E-state index in [9.17, 15) is 4.79 Å². The molecule has 4 aromatic rings. The number of hydrogen-bond acceptors (Lipinski definition) is 4. The zero-order valence-corrected chi connectivity index (χ0v) is 18.5. The van der Waals surface area contributed by atoms with Crippen LogP contribution in [-0.4, -0.2) is 18.0 Å². The summed E-state index contributed by atoms with van der Waals surface area (Å²) in [6.45, 7) is 2.38. The first-order valence-corrected chi connectivity index (χ1v) is 10.7. The predicted molar refractivity (Wildman–Crippen MR) is 130 cm³/mol. The highest BCUT2D eigenvalue weighted by Gasteiger charge is 2.18. The summed E-state index contributed by atoms with van der Waals surface area (Å²) in [4.78, 5) is 17.3. The Morgan fingerprint density at radius 2 is 1.88 bits per heavy atom. The average molecular weight is 436 g/mol. The Balaban J connectivity index is 1.32. The van der Waals surface area contributed by atoms with Crippen molar-refractivity contribution in [1.82, 2.24) is 4.98 Å². The Hall–Kier alpha value is -4.12. The van der Waals surface area contributed by atoms with Crippen LogP contribution in [0.1, 0.15) is 27.0 Å². The Bertz CT molecular complexity index is 1390. The second-order valence-electron chi connectivity index (χ2n) is 7.93. The van der Waals surface area contributed by atoms with Crippen LogP contribution >= 0.6 is 0 Å². The molecule has 1 N–H and O–H groups in total. The summed E-state index contributed by atoms with van der Waals surface area (Å²) in [7, 11) is 1.63. The molecule has 0 aliphatic heterocycles. The van der Waals surface area contributed by atoms with Crippen molar-refractivity contribution in [2.75, 3.05) is 12.4 Å². The number of benzene rings is 3. The number of nitrogens with zero attached hydrogens (tertiary/aromatic N) is 1. The molecule has 0 spiro atoms. The highest BCUT2D eigenvalue weighted by atomic mass is 16.5. The van der Waals surface area contributed by atoms with Crippen LogP contribution in [0, 0.1) is 13.3 Å². The van der Waals surface area contributed by atoms with E-state index in [2.05, 4.69) is 16.4 Å². The molecule has 5 nitrogen and oxygen atoms in total. The fraction of sp³-hybridized carbons (Fsp3) is 0.107. The number of amides is 1. The van der Waals surface area contributed by atoms with E-state index in [1.165, 1.54) is 0 Å². The molecular formula is C28H23N2O3. The molecule has 0 unspecified atom stereocenters. The predicted octanol–water partition coefficient (Wildman–Crippen LogP) is 5.98. The van der Waals surface area contributed by atoms with Crippen LogP contribution in [0.3, 0.4) is 0 Å².